The number of ether oxygens (including phenoxy) is 1. The predicted molar refractivity (Wildman–Crippen MR) is 121 cm³/mol. The normalized spacial score (nSPS) is 15.8. The van der Waals surface area contributed by atoms with Gasteiger partial charge in [-0.3, -0.25) is 4.79 Å². The summed E-state index contributed by atoms with van der Waals surface area (Å²) in [5.74, 6) is -2.14. The van der Waals surface area contributed by atoms with E-state index in [4.69, 9.17) is 4.74 Å². The second kappa shape index (κ2) is 10.8. The molecular weight excluding hydrogens is 469 g/mol. The number of halogens is 3. The molecule has 1 N–H and O–H groups in total. The quantitative estimate of drug-likeness (QED) is 0.525. The van der Waals surface area contributed by atoms with Crippen molar-refractivity contribution < 1.29 is 31.1 Å². The molecular formula is C24H29F3N2O4S. The molecule has 1 fully saturated rings. The molecule has 1 aliphatic rings. The molecule has 10 heteroatoms. The zero-order valence-electron chi connectivity index (χ0n) is 19.2. The van der Waals surface area contributed by atoms with Gasteiger partial charge in [0.2, 0.25) is 15.9 Å². The van der Waals surface area contributed by atoms with E-state index >= 15 is 0 Å². The highest BCUT2D eigenvalue weighted by atomic mass is 32.2. The van der Waals surface area contributed by atoms with Gasteiger partial charge in [-0.15, -0.1) is 0 Å². The van der Waals surface area contributed by atoms with Crippen molar-refractivity contribution in [3.05, 3.63) is 59.9 Å². The van der Waals surface area contributed by atoms with Crippen molar-refractivity contribution >= 4 is 15.9 Å². The summed E-state index contributed by atoms with van der Waals surface area (Å²) in [6, 6.07) is 7.66. The van der Waals surface area contributed by atoms with Gasteiger partial charge in [0.25, 0.3) is 0 Å². The maximum absolute atomic E-state index is 13.6. The number of hydrogen-bond acceptors (Lipinski definition) is 4. The Hall–Kier alpha value is -2.59. The highest BCUT2D eigenvalue weighted by Crippen LogP contribution is 2.26. The van der Waals surface area contributed by atoms with Crippen LogP contribution in [-0.2, 0) is 14.8 Å². The fourth-order valence-electron chi connectivity index (χ4n) is 3.78. The predicted octanol–water partition coefficient (Wildman–Crippen LogP) is 4.26. The number of piperidine rings is 1. The lowest BCUT2D eigenvalue weighted by atomic mass is 9.86. The van der Waals surface area contributed by atoms with E-state index in [-0.39, 0.29) is 42.3 Å². The van der Waals surface area contributed by atoms with Gasteiger partial charge in [-0.1, -0.05) is 13.8 Å². The zero-order chi connectivity index (χ0) is 24.9. The van der Waals surface area contributed by atoms with Crippen molar-refractivity contribution in [1.82, 2.24) is 9.62 Å². The Labute approximate surface area is 198 Å². The van der Waals surface area contributed by atoms with Crippen LogP contribution < -0.4 is 10.1 Å². The minimum absolute atomic E-state index is 0.0361. The van der Waals surface area contributed by atoms with Crippen LogP contribution in [0.1, 0.15) is 39.5 Å². The molecule has 0 saturated carbocycles. The topological polar surface area (TPSA) is 75.7 Å². The van der Waals surface area contributed by atoms with Crippen molar-refractivity contribution in [2.45, 2.75) is 50.5 Å². The van der Waals surface area contributed by atoms with Gasteiger partial charge in [-0.05, 0) is 62.1 Å². The number of nitrogens with one attached hydrogen (secondary N) is 1. The molecule has 0 aromatic heterocycles. The first-order chi connectivity index (χ1) is 16.0. The van der Waals surface area contributed by atoms with E-state index in [9.17, 15) is 26.4 Å². The van der Waals surface area contributed by atoms with Crippen LogP contribution in [-0.4, -0.2) is 44.4 Å². The summed E-state index contributed by atoms with van der Waals surface area (Å²) in [5, 5.41) is 3.00. The van der Waals surface area contributed by atoms with Crippen molar-refractivity contribution in [2.75, 3.05) is 19.7 Å². The molecule has 0 bridgehead atoms. The van der Waals surface area contributed by atoms with Crippen LogP contribution in [0.15, 0.2) is 47.4 Å². The maximum atomic E-state index is 13.6. The Kier molecular flexibility index (Phi) is 8.25. The zero-order valence-corrected chi connectivity index (χ0v) is 20.0. The van der Waals surface area contributed by atoms with Crippen LogP contribution in [0, 0.1) is 22.9 Å². The van der Waals surface area contributed by atoms with E-state index < -0.39 is 32.9 Å². The fourth-order valence-corrected chi connectivity index (χ4v) is 5.25. The summed E-state index contributed by atoms with van der Waals surface area (Å²) in [4.78, 5) is 12.8. The smallest absolute Gasteiger partial charge is 0.243 e. The summed E-state index contributed by atoms with van der Waals surface area (Å²) in [7, 11) is -3.71. The lowest BCUT2D eigenvalue weighted by molar-refractivity contribution is -0.130. The van der Waals surface area contributed by atoms with Gasteiger partial charge in [0.1, 0.15) is 11.6 Å². The molecule has 2 aromatic rings. The SMILES string of the molecule is CC(C)(CCCOc1ccc(F)cc1F)C(=O)NC1CCN(S(=O)(=O)c2ccc(F)cc2)CC1. The summed E-state index contributed by atoms with van der Waals surface area (Å²) in [6.07, 6.45) is 1.91. The van der Waals surface area contributed by atoms with Crippen LogP contribution in [0.2, 0.25) is 0 Å². The first-order valence-electron chi connectivity index (χ1n) is 11.1. The second-order valence-corrected chi connectivity index (χ2v) is 11.0. The molecule has 1 aliphatic heterocycles. The maximum Gasteiger partial charge on any atom is 0.243 e. The van der Waals surface area contributed by atoms with E-state index in [1.807, 2.05) is 0 Å². The first-order valence-corrected chi connectivity index (χ1v) is 12.6. The molecule has 2 aromatic carbocycles. The number of amides is 1. The van der Waals surface area contributed by atoms with Gasteiger partial charge in [0, 0.05) is 30.6 Å². The Morgan fingerprint density at radius 3 is 2.29 bits per heavy atom. The Morgan fingerprint density at radius 1 is 1.06 bits per heavy atom. The first kappa shape index (κ1) is 26.0. The average molecular weight is 499 g/mol. The molecule has 1 amide bonds. The number of rotatable bonds is 9. The third-order valence-corrected chi connectivity index (χ3v) is 7.87. The van der Waals surface area contributed by atoms with Gasteiger partial charge in [0.05, 0.1) is 11.5 Å². The number of hydrogen-bond donors (Lipinski definition) is 1. The summed E-state index contributed by atoms with van der Waals surface area (Å²) in [5.41, 5.74) is -0.706. The molecule has 0 unspecified atom stereocenters. The molecule has 0 spiro atoms. The Balaban J connectivity index is 1.44. The molecule has 1 saturated heterocycles. The third kappa shape index (κ3) is 6.50. The number of carbonyl (C=O) groups excluding carboxylic acids is 1. The van der Waals surface area contributed by atoms with Gasteiger partial charge in [0.15, 0.2) is 11.6 Å². The number of nitrogens with zero attached hydrogens (tertiary/aromatic N) is 1. The fraction of sp³-hybridized carbons (Fsp3) is 0.458. The van der Waals surface area contributed by atoms with Crippen LogP contribution in [0.4, 0.5) is 13.2 Å². The lowest BCUT2D eigenvalue weighted by Gasteiger charge is -2.33. The molecule has 186 valence electrons. The summed E-state index contributed by atoms with van der Waals surface area (Å²) in [6.45, 7) is 4.28. The van der Waals surface area contributed by atoms with Gasteiger partial charge >= 0.3 is 0 Å². The van der Waals surface area contributed by atoms with Crippen molar-refractivity contribution in [3.63, 3.8) is 0 Å². The number of carbonyl (C=O) groups is 1. The van der Waals surface area contributed by atoms with Crippen LogP contribution in [0.5, 0.6) is 5.75 Å². The molecule has 0 aliphatic carbocycles. The van der Waals surface area contributed by atoms with Crippen molar-refractivity contribution in [2.24, 2.45) is 5.41 Å². The molecule has 0 atom stereocenters. The minimum Gasteiger partial charge on any atom is -0.491 e. The van der Waals surface area contributed by atoms with Gasteiger partial charge < -0.3 is 10.1 Å². The van der Waals surface area contributed by atoms with Gasteiger partial charge in [-0.25, -0.2) is 21.6 Å². The van der Waals surface area contributed by atoms with Crippen LogP contribution in [0.25, 0.3) is 0 Å². The van der Waals surface area contributed by atoms with E-state index in [0.29, 0.717) is 25.7 Å². The summed E-state index contributed by atoms with van der Waals surface area (Å²) >= 11 is 0. The average Bonchev–Trinajstić information content (AvgIpc) is 2.78. The number of sulfonamides is 1. The van der Waals surface area contributed by atoms with E-state index in [0.717, 1.165) is 24.3 Å². The molecule has 6 nitrogen and oxygen atoms in total. The lowest BCUT2D eigenvalue weighted by Crippen LogP contribution is -2.49. The molecule has 3 rings (SSSR count). The molecule has 1 heterocycles. The van der Waals surface area contributed by atoms with Crippen LogP contribution in [0.3, 0.4) is 0 Å². The molecule has 0 radical (unpaired) electrons. The van der Waals surface area contributed by atoms with E-state index in [1.54, 1.807) is 13.8 Å². The Morgan fingerprint density at radius 2 is 1.68 bits per heavy atom. The van der Waals surface area contributed by atoms with Crippen molar-refractivity contribution in [3.8, 4) is 5.75 Å². The summed E-state index contributed by atoms with van der Waals surface area (Å²) < 4.78 is 71.9. The van der Waals surface area contributed by atoms with E-state index in [2.05, 4.69) is 5.32 Å². The van der Waals surface area contributed by atoms with Crippen LogP contribution >= 0.6 is 0 Å². The third-order valence-electron chi connectivity index (χ3n) is 5.95. The van der Waals surface area contributed by atoms with Crippen molar-refractivity contribution in [1.29, 1.82) is 0 Å². The van der Waals surface area contributed by atoms with E-state index in [1.165, 1.54) is 22.5 Å². The second-order valence-electron chi connectivity index (χ2n) is 9.02. The molecule has 34 heavy (non-hydrogen) atoms. The Bertz CT molecular complexity index is 1100. The number of benzene rings is 2. The largest absolute Gasteiger partial charge is 0.491 e. The highest BCUT2D eigenvalue weighted by Gasteiger charge is 2.33. The standard InChI is InChI=1S/C24H29F3N2O4S/c1-24(2,12-3-15-33-22-9-6-18(26)16-21(22)27)23(30)28-19-10-13-29(14-11-19)34(31,32)20-7-4-17(25)5-8-20/h4-9,16,19H,3,10-15H2,1-2H3,(H,28,30). The monoisotopic (exact) mass is 498 g/mol. The van der Waals surface area contributed by atoms with Gasteiger partial charge in [-0.2, -0.15) is 4.31 Å². The highest BCUT2D eigenvalue weighted by molar-refractivity contribution is 7.89. The minimum atomic E-state index is -3.71.